The minimum Gasteiger partial charge on any atom is -0.365 e. The Labute approximate surface area is 114 Å². The predicted molar refractivity (Wildman–Crippen MR) is 74.6 cm³/mol. The minimum atomic E-state index is -0.429. The molecule has 1 aliphatic heterocycles. The maximum absolute atomic E-state index is 13.8. The molecule has 1 fully saturated rings. The summed E-state index contributed by atoms with van der Waals surface area (Å²) in [7, 11) is 2.10. The summed E-state index contributed by atoms with van der Waals surface area (Å²) < 4.78 is 13.8. The molecular formula is C15H20FN3. The fourth-order valence-electron chi connectivity index (χ4n) is 2.69. The average Bonchev–Trinajstić information content (AvgIpc) is 2.38. The molecular weight excluding hydrogens is 241 g/mol. The van der Waals surface area contributed by atoms with E-state index in [2.05, 4.69) is 30.7 Å². The Bertz CT molecular complexity index is 493. The molecule has 19 heavy (non-hydrogen) atoms. The highest BCUT2D eigenvalue weighted by atomic mass is 19.1. The van der Waals surface area contributed by atoms with Gasteiger partial charge in [0.25, 0.3) is 0 Å². The Morgan fingerprint density at radius 1 is 1.37 bits per heavy atom. The highest BCUT2D eigenvalue weighted by Crippen LogP contribution is 2.28. The van der Waals surface area contributed by atoms with Crippen LogP contribution in [0.15, 0.2) is 18.2 Å². The Kier molecular flexibility index (Phi) is 4.06. The molecule has 0 aliphatic carbocycles. The summed E-state index contributed by atoms with van der Waals surface area (Å²) in [5.41, 5.74) is 0.895. The predicted octanol–water partition coefficient (Wildman–Crippen LogP) is 2.47. The maximum Gasteiger partial charge on any atom is 0.143 e. The van der Waals surface area contributed by atoms with Gasteiger partial charge in [-0.05, 0) is 25.1 Å². The number of nitrogens with zero attached hydrogens (tertiary/aromatic N) is 3. The zero-order valence-corrected chi connectivity index (χ0v) is 11.7. The second-order valence-corrected chi connectivity index (χ2v) is 5.51. The molecule has 4 heteroatoms. The van der Waals surface area contributed by atoms with Crippen LogP contribution >= 0.6 is 0 Å². The van der Waals surface area contributed by atoms with Gasteiger partial charge in [-0.2, -0.15) is 5.26 Å². The van der Waals surface area contributed by atoms with Crippen molar-refractivity contribution in [2.45, 2.75) is 19.9 Å². The monoisotopic (exact) mass is 261 g/mol. The van der Waals surface area contributed by atoms with E-state index in [1.807, 2.05) is 12.1 Å². The van der Waals surface area contributed by atoms with Crippen LogP contribution in [0.5, 0.6) is 0 Å². The number of halogens is 1. The van der Waals surface area contributed by atoms with Crippen LogP contribution in [0.3, 0.4) is 0 Å². The number of nitriles is 1. The number of rotatable bonds is 2. The van der Waals surface area contributed by atoms with Crippen molar-refractivity contribution in [3.8, 4) is 6.07 Å². The SMILES string of the molecule is CC(C)C1CN(C)CCN1c1cccc(F)c1C#N. The molecule has 0 spiro atoms. The lowest BCUT2D eigenvalue weighted by atomic mass is 9.98. The number of benzene rings is 1. The molecule has 0 amide bonds. The number of hydrogen-bond donors (Lipinski definition) is 0. The van der Waals surface area contributed by atoms with Crippen molar-refractivity contribution in [2.75, 3.05) is 31.6 Å². The third kappa shape index (κ3) is 2.71. The normalized spacial score (nSPS) is 20.6. The molecule has 0 bridgehead atoms. The highest BCUT2D eigenvalue weighted by Gasteiger charge is 2.29. The minimum absolute atomic E-state index is 0.165. The van der Waals surface area contributed by atoms with Crippen LogP contribution in [0.25, 0.3) is 0 Å². The molecule has 3 nitrogen and oxygen atoms in total. The molecule has 0 saturated carbocycles. The third-order valence-corrected chi connectivity index (χ3v) is 3.80. The fraction of sp³-hybridized carbons (Fsp3) is 0.533. The van der Waals surface area contributed by atoms with Gasteiger partial charge in [-0.15, -0.1) is 0 Å². The van der Waals surface area contributed by atoms with Crippen LogP contribution in [-0.2, 0) is 0 Å². The van der Waals surface area contributed by atoms with Gasteiger partial charge in [0, 0.05) is 25.7 Å². The fourth-order valence-corrected chi connectivity index (χ4v) is 2.69. The summed E-state index contributed by atoms with van der Waals surface area (Å²) in [5.74, 6) is 0.0268. The van der Waals surface area contributed by atoms with E-state index in [9.17, 15) is 9.65 Å². The molecule has 1 aromatic carbocycles. The Balaban J connectivity index is 2.40. The van der Waals surface area contributed by atoms with Crippen molar-refractivity contribution in [3.05, 3.63) is 29.6 Å². The average molecular weight is 261 g/mol. The molecule has 1 aromatic rings. The highest BCUT2D eigenvalue weighted by molar-refractivity contribution is 5.60. The third-order valence-electron chi connectivity index (χ3n) is 3.80. The van der Waals surface area contributed by atoms with Crippen molar-refractivity contribution in [2.24, 2.45) is 5.92 Å². The van der Waals surface area contributed by atoms with Gasteiger partial charge < -0.3 is 9.80 Å². The van der Waals surface area contributed by atoms with Gasteiger partial charge in [-0.1, -0.05) is 19.9 Å². The molecule has 0 N–H and O–H groups in total. The van der Waals surface area contributed by atoms with E-state index in [-0.39, 0.29) is 5.56 Å². The standard InChI is InChI=1S/C15H20FN3/c1-11(2)15-10-18(3)7-8-19(15)14-6-4-5-13(16)12(14)9-17/h4-6,11,15H,7-8,10H2,1-3H3. The lowest BCUT2D eigenvalue weighted by Crippen LogP contribution is -2.54. The first kappa shape index (κ1) is 13.8. The van der Waals surface area contributed by atoms with E-state index in [1.54, 1.807) is 6.07 Å². The first-order valence-corrected chi connectivity index (χ1v) is 6.68. The smallest absolute Gasteiger partial charge is 0.143 e. The Morgan fingerprint density at radius 3 is 2.74 bits per heavy atom. The molecule has 1 atom stereocenters. The van der Waals surface area contributed by atoms with Gasteiger partial charge >= 0.3 is 0 Å². The molecule has 102 valence electrons. The first-order valence-electron chi connectivity index (χ1n) is 6.68. The summed E-state index contributed by atoms with van der Waals surface area (Å²) in [5, 5.41) is 9.18. The van der Waals surface area contributed by atoms with Gasteiger partial charge in [0.15, 0.2) is 0 Å². The number of anilines is 1. The first-order chi connectivity index (χ1) is 9.04. The van der Waals surface area contributed by atoms with Crippen molar-refractivity contribution in [3.63, 3.8) is 0 Å². The maximum atomic E-state index is 13.8. The summed E-state index contributed by atoms with van der Waals surface area (Å²) >= 11 is 0. The van der Waals surface area contributed by atoms with Crippen LogP contribution in [0.2, 0.25) is 0 Å². The lowest BCUT2D eigenvalue weighted by Gasteiger charge is -2.44. The number of likely N-dealkylation sites (N-methyl/N-ethyl adjacent to an activating group) is 1. The van der Waals surface area contributed by atoms with Gasteiger partial charge in [0.1, 0.15) is 17.4 Å². The van der Waals surface area contributed by atoms with Crippen molar-refractivity contribution >= 4 is 5.69 Å². The zero-order valence-electron chi connectivity index (χ0n) is 11.7. The molecule has 1 unspecified atom stereocenters. The van der Waals surface area contributed by atoms with Crippen molar-refractivity contribution < 1.29 is 4.39 Å². The summed E-state index contributed by atoms with van der Waals surface area (Å²) in [6, 6.07) is 7.20. The van der Waals surface area contributed by atoms with Crippen LogP contribution in [0, 0.1) is 23.1 Å². The quantitative estimate of drug-likeness (QED) is 0.819. The molecule has 1 heterocycles. The van der Waals surface area contributed by atoms with Gasteiger partial charge in [0.2, 0.25) is 0 Å². The summed E-state index contributed by atoms with van der Waals surface area (Å²) in [6.45, 7) is 7.05. The zero-order chi connectivity index (χ0) is 14.0. The van der Waals surface area contributed by atoms with E-state index in [4.69, 9.17) is 0 Å². The summed E-state index contributed by atoms with van der Waals surface area (Å²) in [6.07, 6.45) is 0. The number of hydrogen-bond acceptors (Lipinski definition) is 3. The van der Waals surface area contributed by atoms with Crippen molar-refractivity contribution in [1.29, 1.82) is 5.26 Å². The summed E-state index contributed by atoms with van der Waals surface area (Å²) in [4.78, 5) is 4.47. The van der Waals surface area contributed by atoms with Crippen LogP contribution in [0.4, 0.5) is 10.1 Å². The number of piperazine rings is 1. The molecule has 1 aliphatic rings. The molecule has 0 radical (unpaired) electrons. The Morgan fingerprint density at radius 2 is 2.11 bits per heavy atom. The Hall–Kier alpha value is -1.60. The van der Waals surface area contributed by atoms with Gasteiger partial charge in [-0.25, -0.2) is 4.39 Å². The largest absolute Gasteiger partial charge is 0.365 e. The topological polar surface area (TPSA) is 30.3 Å². The van der Waals surface area contributed by atoms with Gasteiger partial charge in [-0.3, -0.25) is 0 Å². The van der Waals surface area contributed by atoms with Crippen molar-refractivity contribution in [1.82, 2.24) is 4.90 Å². The van der Waals surface area contributed by atoms with E-state index < -0.39 is 5.82 Å². The van der Waals surface area contributed by atoms with E-state index in [1.165, 1.54) is 6.07 Å². The van der Waals surface area contributed by atoms with E-state index in [0.717, 1.165) is 25.3 Å². The van der Waals surface area contributed by atoms with E-state index >= 15 is 0 Å². The second-order valence-electron chi connectivity index (χ2n) is 5.51. The van der Waals surface area contributed by atoms with Crippen LogP contribution < -0.4 is 4.90 Å². The van der Waals surface area contributed by atoms with E-state index in [0.29, 0.717) is 12.0 Å². The molecule has 1 saturated heterocycles. The van der Waals surface area contributed by atoms with Crippen LogP contribution in [-0.4, -0.2) is 37.6 Å². The second kappa shape index (κ2) is 5.58. The molecule has 0 aromatic heterocycles. The lowest BCUT2D eigenvalue weighted by molar-refractivity contribution is 0.236. The van der Waals surface area contributed by atoms with Crippen LogP contribution in [0.1, 0.15) is 19.4 Å². The van der Waals surface area contributed by atoms with Gasteiger partial charge in [0.05, 0.1) is 5.69 Å². The molecule has 2 rings (SSSR count).